The molecule has 0 saturated carbocycles. The molecule has 0 aromatic heterocycles. The van der Waals surface area contributed by atoms with Gasteiger partial charge in [-0.15, -0.1) is 0 Å². The van der Waals surface area contributed by atoms with Crippen molar-refractivity contribution in [1.82, 2.24) is 15.1 Å². The second kappa shape index (κ2) is 6.75. The minimum absolute atomic E-state index is 0.328. The summed E-state index contributed by atoms with van der Waals surface area (Å²) in [5.74, 6) is -1.00. The van der Waals surface area contributed by atoms with Crippen LogP contribution in [0.15, 0.2) is 0 Å². The fourth-order valence-electron chi connectivity index (χ4n) is 2.02. The number of carboxylic acid groups (broad SMARTS) is 1. The quantitative estimate of drug-likeness (QED) is 0.755. The summed E-state index contributed by atoms with van der Waals surface area (Å²) in [7, 11) is 1.70. The predicted octanol–water partition coefficient (Wildman–Crippen LogP) is 0.977. The second-order valence-electron chi connectivity index (χ2n) is 5.39. The van der Waals surface area contributed by atoms with Crippen LogP contribution in [0.3, 0.4) is 0 Å². The lowest BCUT2D eigenvalue weighted by atomic mass is 10.00. The average Bonchev–Trinajstić information content (AvgIpc) is 2.88. The maximum atomic E-state index is 12.0. The highest BCUT2D eigenvalue weighted by Crippen LogP contribution is 2.10. The molecule has 6 heteroatoms. The van der Waals surface area contributed by atoms with Gasteiger partial charge in [0, 0.05) is 20.1 Å². The van der Waals surface area contributed by atoms with Crippen molar-refractivity contribution >= 4 is 12.0 Å². The number of hydrogen-bond donors (Lipinski definition) is 2. The van der Waals surface area contributed by atoms with Crippen LogP contribution in [0.25, 0.3) is 0 Å². The Balaban J connectivity index is 2.40. The van der Waals surface area contributed by atoms with Gasteiger partial charge in [-0.05, 0) is 39.3 Å². The van der Waals surface area contributed by atoms with E-state index in [1.807, 2.05) is 0 Å². The van der Waals surface area contributed by atoms with E-state index in [1.54, 1.807) is 18.9 Å². The van der Waals surface area contributed by atoms with Crippen LogP contribution in [0, 0.1) is 0 Å². The number of carboxylic acids is 1. The van der Waals surface area contributed by atoms with Gasteiger partial charge in [0.1, 0.15) is 5.54 Å². The topological polar surface area (TPSA) is 72.9 Å². The van der Waals surface area contributed by atoms with E-state index in [2.05, 4.69) is 10.2 Å². The van der Waals surface area contributed by atoms with Gasteiger partial charge in [0.15, 0.2) is 0 Å². The van der Waals surface area contributed by atoms with Crippen LogP contribution in [0.2, 0.25) is 0 Å². The Morgan fingerprint density at radius 1 is 1.37 bits per heavy atom. The summed E-state index contributed by atoms with van der Waals surface area (Å²) >= 11 is 0. The van der Waals surface area contributed by atoms with E-state index in [-0.39, 0.29) is 6.03 Å². The molecular weight excluding hydrogens is 246 g/mol. The van der Waals surface area contributed by atoms with Gasteiger partial charge in [0.05, 0.1) is 0 Å². The number of nitrogens with one attached hydrogen (secondary N) is 1. The molecule has 1 aliphatic heterocycles. The largest absolute Gasteiger partial charge is 0.480 e. The third-order valence-electron chi connectivity index (χ3n) is 3.86. The number of amides is 2. The third kappa shape index (κ3) is 4.38. The number of carbonyl (C=O) groups is 2. The zero-order valence-corrected chi connectivity index (χ0v) is 12.1. The van der Waals surface area contributed by atoms with Gasteiger partial charge in [0.2, 0.25) is 0 Å². The number of carbonyl (C=O) groups excluding carboxylic acids is 1. The van der Waals surface area contributed by atoms with Crippen molar-refractivity contribution in [2.75, 3.05) is 33.2 Å². The van der Waals surface area contributed by atoms with Gasteiger partial charge in [0.25, 0.3) is 0 Å². The molecule has 110 valence electrons. The van der Waals surface area contributed by atoms with E-state index in [9.17, 15) is 9.59 Å². The van der Waals surface area contributed by atoms with Crippen molar-refractivity contribution in [2.24, 2.45) is 0 Å². The summed E-state index contributed by atoms with van der Waals surface area (Å²) in [6.07, 6.45) is 2.81. The van der Waals surface area contributed by atoms with Crippen molar-refractivity contribution in [2.45, 2.75) is 38.6 Å². The monoisotopic (exact) mass is 271 g/mol. The highest BCUT2D eigenvalue weighted by atomic mass is 16.4. The molecule has 19 heavy (non-hydrogen) atoms. The standard InChI is InChI=1S/C13H25N3O3/c1-4-13(2,11(17)18)14-12(19)15(3)9-10-16-7-5-6-8-16/h4-10H2,1-3H3,(H,14,19)(H,17,18). The number of likely N-dealkylation sites (tertiary alicyclic amines) is 1. The van der Waals surface area contributed by atoms with Crippen LogP contribution in [0.5, 0.6) is 0 Å². The van der Waals surface area contributed by atoms with Crippen LogP contribution in [0.1, 0.15) is 33.1 Å². The summed E-state index contributed by atoms with van der Waals surface area (Å²) in [6.45, 7) is 6.93. The molecule has 1 saturated heterocycles. The maximum Gasteiger partial charge on any atom is 0.329 e. The molecule has 0 radical (unpaired) electrons. The maximum absolute atomic E-state index is 12.0. The number of likely N-dealkylation sites (N-methyl/N-ethyl adjacent to an activating group) is 1. The van der Waals surface area contributed by atoms with Crippen molar-refractivity contribution < 1.29 is 14.7 Å². The van der Waals surface area contributed by atoms with Gasteiger partial charge in [-0.1, -0.05) is 6.92 Å². The lowest BCUT2D eigenvalue weighted by Crippen LogP contribution is -2.55. The summed E-state index contributed by atoms with van der Waals surface area (Å²) in [4.78, 5) is 27.0. The SMILES string of the molecule is CCC(C)(NC(=O)N(C)CCN1CCCC1)C(=O)O. The lowest BCUT2D eigenvalue weighted by Gasteiger charge is -2.28. The van der Waals surface area contributed by atoms with Crippen molar-refractivity contribution in [3.8, 4) is 0 Å². The predicted molar refractivity (Wildman–Crippen MR) is 73.2 cm³/mol. The summed E-state index contributed by atoms with van der Waals surface area (Å²) in [6, 6.07) is -0.328. The Morgan fingerprint density at radius 3 is 2.42 bits per heavy atom. The highest BCUT2D eigenvalue weighted by molar-refractivity contribution is 5.85. The molecule has 1 heterocycles. The van der Waals surface area contributed by atoms with Gasteiger partial charge >= 0.3 is 12.0 Å². The van der Waals surface area contributed by atoms with E-state index >= 15 is 0 Å². The Bertz CT molecular complexity index is 329. The second-order valence-corrected chi connectivity index (χ2v) is 5.39. The van der Waals surface area contributed by atoms with E-state index in [1.165, 1.54) is 19.8 Å². The third-order valence-corrected chi connectivity index (χ3v) is 3.86. The van der Waals surface area contributed by atoms with Gasteiger partial charge in [-0.2, -0.15) is 0 Å². The first-order valence-corrected chi connectivity index (χ1v) is 6.88. The zero-order valence-electron chi connectivity index (χ0n) is 12.1. The molecule has 1 unspecified atom stereocenters. The Hall–Kier alpha value is -1.30. The number of urea groups is 1. The molecule has 0 bridgehead atoms. The minimum atomic E-state index is -1.20. The molecule has 0 spiro atoms. The zero-order chi connectivity index (χ0) is 14.5. The van der Waals surface area contributed by atoms with Crippen LogP contribution in [-0.2, 0) is 4.79 Å². The molecule has 0 aliphatic carbocycles. The van der Waals surface area contributed by atoms with Crippen LogP contribution in [-0.4, -0.2) is 65.7 Å². The molecule has 0 aromatic rings. The van der Waals surface area contributed by atoms with Gasteiger partial charge in [-0.25, -0.2) is 9.59 Å². The molecule has 6 nitrogen and oxygen atoms in total. The first-order chi connectivity index (χ1) is 8.89. The summed E-state index contributed by atoms with van der Waals surface area (Å²) in [5, 5.41) is 11.7. The van der Waals surface area contributed by atoms with E-state index in [4.69, 9.17) is 5.11 Å². The fraction of sp³-hybridized carbons (Fsp3) is 0.846. The van der Waals surface area contributed by atoms with Crippen LogP contribution in [0.4, 0.5) is 4.79 Å². The van der Waals surface area contributed by atoms with Gasteiger partial charge in [-0.3, -0.25) is 0 Å². The molecule has 1 aliphatic rings. The Labute approximate surface area is 114 Å². The lowest BCUT2D eigenvalue weighted by molar-refractivity contribution is -0.143. The first-order valence-electron chi connectivity index (χ1n) is 6.88. The van der Waals surface area contributed by atoms with Crippen molar-refractivity contribution in [3.05, 3.63) is 0 Å². The highest BCUT2D eigenvalue weighted by Gasteiger charge is 2.33. The van der Waals surface area contributed by atoms with Crippen LogP contribution < -0.4 is 5.32 Å². The number of aliphatic carboxylic acids is 1. The fourth-order valence-corrected chi connectivity index (χ4v) is 2.02. The molecule has 0 aromatic carbocycles. The number of hydrogen-bond acceptors (Lipinski definition) is 3. The molecule has 1 atom stereocenters. The smallest absolute Gasteiger partial charge is 0.329 e. The van der Waals surface area contributed by atoms with Crippen molar-refractivity contribution in [3.63, 3.8) is 0 Å². The minimum Gasteiger partial charge on any atom is -0.480 e. The van der Waals surface area contributed by atoms with E-state index in [0.717, 1.165) is 19.6 Å². The molecular formula is C13H25N3O3. The van der Waals surface area contributed by atoms with Crippen LogP contribution >= 0.6 is 0 Å². The van der Waals surface area contributed by atoms with E-state index in [0.29, 0.717) is 13.0 Å². The Morgan fingerprint density at radius 2 is 1.95 bits per heavy atom. The first kappa shape index (κ1) is 15.8. The summed E-state index contributed by atoms with van der Waals surface area (Å²) < 4.78 is 0. The Kier molecular flexibility index (Phi) is 5.60. The number of nitrogens with zero attached hydrogens (tertiary/aromatic N) is 2. The number of rotatable bonds is 6. The van der Waals surface area contributed by atoms with E-state index < -0.39 is 11.5 Å². The molecule has 1 rings (SSSR count). The van der Waals surface area contributed by atoms with Gasteiger partial charge < -0.3 is 20.2 Å². The molecule has 1 fully saturated rings. The summed E-state index contributed by atoms with van der Waals surface area (Å²) in [5.41, 5.74) is -1.20. The van der Waals surface area contributed by atoms with Crippen molar-refractivity contribution in [1.29, 1.82) is 0 Å². The molecule has 2 amide bonds. The normalized spacial score (nSPS) is 18.9. The average molecular weight is 271 g/mol. The molecule has 2 N–H and O–H groups in total.